The molecule has 11 rings (SSSR count). The van der Waals surface area contributed by atoms with Crippen LogP contribution in [0, 0.1) is 0 Å². The Hall–Kier alpha value is -7.47. The van der Waals surface area contributed by atoms with Crippen LogP contribution in [-0.2, 0) is 5.41 Å². The first-order valence-electron chi connectivity index (χ1n) is 20.1. The Morgan fingerprint density at radius 1 is 0.350 bits per heavy atom. The van der Waals surface area contributed by atoms with Crippen LogP contribution in [0.3, 0.4) is 0 Å². The number of aromatic nitrogens is 4. The van der Waals surface area contributed by atoms with Crippen LogP contribution in [0.15, 0.2) is 228 Å². The Morgan fingerprint density at radius 2 is 0.800 bits per heavy atom. The van der Waals surface area contributed by atoms with Gasteiger partial charge in [-0.2, -0.15) is 0 Å². The number of pyridine rings is 1. The standard InChI is InChI=1S/C55H36N4S/c1-3-12-41(13-4-1)52-57-53(42-14-5-2-6-15-42)59-54(58-52)43-24-22-37(23-25-43)38-26-30-44(31-27-38)55(48-18-7-9-20-50(48)60-51-21-10-8-19-49(51)55)45-32-28-40(29-33-45)46-17-11-16-39-34-35-56-36-47(39)46/h1-36H. The molecule has 1 aliphatic heterocycles. The predicted octanol–water partition coefficient (Wildman–Crippen LogP) is 13.6. The van der Waals surface area contributed by atoms with Gasteiger partial charge in [0.25, 0.3) is 0 Å². The number of rotatable bonds is 7. The fraction of sp³-hybridized carbons (Fsp3) is 0.0182. The van der Waals surface area contributed by atoms with Crippen molar-refractivity contribution in [3.8, 4) is 56.4 Å². The quantitative estimate of drug-likeness (QED) is 0.161. The van der Waals surface area contributed by atoms with E-state index in [9.17, 15) is 0 Å². The van der Waals surface area contributed by atoms with E-state index in [2.05, 4.69) is 151 Å². The highest BCUT2D eigenvalue weighted by Gasteiger charge is 2.44. The highest BCUT2D eigenvalue weighted by molar-refractivity contribution is 7.99. The number of hydrogen-bond acceptors (Lipinski definition) is 5. The largest absolute Gasteiger partial charge is 0.264 e. The lowest BCUT2D eigenvalue weighted by Crippen LogP contribution is -2.34. The third kappa shape index (κ3) is 6.19. The van der Waals surface area contributed by atoms with Gasteiger partial charge in [-0.3, -0.25) is 4.98 Å². The second-order valence-electron chi connectivity index (χ2n) is 15.0. The SMILES string of the molecule is c1ccc(-c2nc(-c3ccccc3)nc(-c3ccc(-c4ccc(C5(c6ccc(-c7cccc8ccncc78)cc6)c6ccccc6Sc6ccccc65)cc4)cc3)n2)cc1. The Balaban J connectivity index is 0.994. The molecule has 2 aromatic heterocycles. The zero-order chi connectivity index (χ0) is 39.9. The van der Waals surface area contributed by atoms with E-state index in [4.69, 9.17) is 15.0 Å². The summed E-state index contributed by atoms with van der Waals surface area (Å²) in [5.41, 5.74) is 11.9. The van der Waals surface area contributed by atoms with Crippen LogP contribution in [0.5, 0.6) is 0 Å². The zero-order valence-corrected chi connectivity index (χ0v) is 33.3. The van der Waals surface area contributed by atoms with Crippen LogP contribution in [0.2, 0.25) is 0 Å². The smallest absolute Gasteiger partial charge is 0.164 e. The molecule has 282 valence electrons. The van der Waals surface area contributed by atoms with Crippen molar-refractivity contribution in [2.45, 2.75) is 15.2 Å². The van der Waals surface area contributed by atoms with Gasteiger partial charge in [-0.25, -0.2) is 15.0 Å². The molecular formula is C55H36N4S. The lowest BCUT2D eigenvalue weighted by Gasteiger charge is -2.42. The second-order valence-corrected chi connectivity index (χ2v) is 16.1. The molecule has 1 aliphatic rings. The van der Waals surface area contributed by atoms with Crippen LogP contribution < -0.4 is 0 Å². The van der Waals surface area contributed by atoms with Gasteiger partial charge < -0.3 is 0 Å². The number of benzene rings is 8. The summed E-state index contributed by atoms with van der Waals surface area (Å²) in [6.07, 6.45) is 3.83. The van der Waals surface area contributed by atoms with E-state index in [0.29, 0.717) is 17.5 Å². The maximum Gasteiger partial charge on any atom is 0.164 e. The summed E-state index contributed by atoms with van der Waals surface area (Å²) in [7, 11) is 0. The number of hydrogen-bond donors (Lipinski definition) is 0. The lowest BCUT2D eigenvalue weighted by atomic mass is 9.64. The van der Waals surface area contributed by atoms with Crippen LogP contribution in [0.4, 0.5) is 0 Å². The topological polar surface area (TPSA) is 51.6 Å². The third-order valence-electron chi connectivity index (χ3n) is 11.6. The molecule has 0 bridgehead atoms. The first kappa shape index (κ1) is 35.7. The molecule has 3 heterocycles. The molecule has 0 saturated carbocycles. The van der Waals surface area contributed by atoms with E-state index >= 15 is 0 Å². The summed E-state index contributed by atoms with van der Waals surface area (Å²) in [6, 6.07) is 73.4. The van der Waals surface area contributed by atoms with Gasteiger partial charge in [-0.1, -0.05) is 200 Å². The molecule has 0 spiro atoms. The summed E-state index contributed by atoms with van der Waals surface area (Å²) in [5, 5.41) is 2.34. The minimum absolute atomic E-state index is 0.536. The van der Waals surface area contributed by atoms with Gasteiger partial charge in [0.2, 0.25) is 0 Å². The minimum Gasteiger partial charge on any atom is -0.264 e. The van der Waals surface area contributed by atoms with Crippen LogP contribution in [0.25, 0.3) is 67.2 Å². The first-order chi connectivity index (χ1) is 29.7. The van der Waals surface area contributed by atoms with E-state index in [-0.39, 0.29) is 0 Å². The fourth-order valence-electron chi connectivity index (χ4n) is 8.71. The van der Waals surface area contributed by atoms with Gasteiger partial charge in [0.15, 0.2) is 17.5 Å². The average molecular weight is 785 g/mol. The summed E-state index contributed by atoms with van der Waals surface area (Å²) >= 11 is 1.85. The summed E-state index contributed by atoms with van der Waals surface area (Å²) in [5.74, 6) is 1.94. The molecule has 4 nitrogen and oxygen atoms in total. The zero-order valence-electron chi connectivity index (χ0n) is 32.5. The molecule has 0 N–H and O–H groups in total. The highest BCUT2D eigenvalue weighted by Crippen LogP contribution is 2.56. The fourth-order valence-corrected chi connectivity index (χ4v) is 9.90. The van der Waals surface area contributed by atoms with Crippen molar-refractivity contribution in [2.24, 2.45) is 0 Å². The monoisotopic (exact) mass is 784 g/mol. The van der Waals surface area contributed by atoms with E-state index in [0.717, 1.165) is 33.2 Å². The van der Waals surface area contributed by atoms with Crippen molar-refractivity contribution in [1.29, 1.82) is 0 Å². The third-order valence-corrected chi connectivity index (χ3v) is 12.8. The molecule has 0 fully saturated rings. The van der Waals surface area contributed by atoms with E-state index < -0.39 is 5.41 Å². The van der Waals surface area contributed by atoms with Crippen LogP contribution >= 0.6 is 11.8 Å². The predicted molar refractivity (Wildman–Crippen MR) is 245 cm³/mol. The van der Waals surface area contributed by atoms with Gasteiger partial charge in [0, 0.05) is 44.3 Å². The van der Waals surface area contributed by atoms with Gasteiger partial charge >= 0.3 is 0 Å². The molecular weight excluding hydrogens is 749 g/mol. The molecule has 10 aromatic rings. The Labute approximate surface area is 353 Å². The van der Waals surface area contributed by atoms with Crippen molar-refractivity contribution in [1.82, 2.24) is 19.9 Å². The average Bonchev–Trinajstić information content (AvgIpc) is 3.34. The first-order valence-corrected chi connectivity index (χ1v) is 20.9. The minimum atomic E-state index is -0.536. The van der Waals surface area contributed by atoms with Crippen molar-refractivity contribution in [3.05, 3.63) is 241 Å². The van der Waals surface area contributed by atoms with E-state index in [1.54, 1.807) is 0 Å². The molecule has 0 unspecified atom stereocenters. The summed E-state index contributed by atoms with van der Waals surface area (Å²) in [4.78, 5) is 21.8. The maximum atomic E-state index is 4.95. The van der Waals surface area contributed by atoms with Crippen molar-refractivity contribution >= 4 is 22.5 Å². The molecule has 0 atom stereocenters. The molecule has 8 aromatic carbocycles. The number of fused-ring (bicyclic) bond motifs is 3. The van der Waals surface area contributed by atoms with Crippen LogP contribution in [0.1, 0.15) is 22.3 Å². The Morgan fingerprint density at radius 3 is 1.35 bits per heavy atom. The van der Waals surface area contributed by atoms with Gasteiger partial charge in [0.05, 0.1) is 5.41 Å². The Bertz CT molecular complexity index is 3040. The molecule has 0 radical (unpaired) electrons. The van der Waals surface area contributed by atoms with Gasteiger partial charge in [-0.05, 0) is 68.1 Å². The van der Waals surface area contributed by atoms with Crippen molar-refractivity contribution in [2.75, 3.05) is 0 Å². The lowest BCUT2D eigenvalue weighted by molar-refractivity contribution is 0.703. The maximum absolute atomic E-state index is 4.95. The van der Waals surface area contributed by atoms with Crippen molar-refractivity contribution in [3.63, 3.8) is 0 Å². The van der Waals surface area contributed by atoms with E-state index in [1.807, 2.05) is 84.8 Å². The second kappa shape index (κ2) is 15.0. The van der Waals surface area contributed by atoms with Gasteiger partial charge in [-0.15, -0.1) is 0 Å². The van der Waals surface area contributed by atoms with E-state index in [1.165, 1.54) is 48.6 Å². The molecule has 0 saturated heterocycles. The molecule has 0 amide bonds. The van der Waals surface area contributed by atoms with Crippen molar-refractivity contribution < 1.29 is 0 Å². The number of nitrogens with zero attached hydrogens (tertiary/aromatic N) is 4. The van der Waals surface area contributed by atoms with Gasteiger partial charge in [0.1, 0.15) is 0 Å². The summed E-state index contributed by atoms with van der Waals surface area (Å²) in [6.45, 7) is 0. The molecule has 0 aliphatic carbocycles. The molecule has 5 heteroatoms. The summed E-state index contributed by atoms with van der Waals surface area (Å²) < 4.78 is 0. The highest BCUT2D eigenvalue weighted by atomic mass is 32.2. The normalized spacial score (nSPS) is 12.7. The molecule has 60 heavy (non-hydrogen) atoms. The Kier molecular flexibility index (Phi) is 8.94. The van der Waals surface area contributed by atoms with Crippen LogP contribution in [-0.4, -0.2) is 19.9 Å².